The molecule has 110 valence electrons. The highest BCUT2D eigenvalue weighted by atomic mass is 32.2. The van der Waals surface area contributed by atoms with E-state index in [1.54, 1.807) is 0 Å². The summed E-state index contributed by atoms with van der Waals surface area (Å²) < 4.78 is 48.2. The second-order valence-electron chi connectivity index (χ2n) is 5.16. The number of hydrogen-bond donors (Lipinski definition) is 1. The molecule has 0 radical (unpaired) electrons. The van der Waals surface area contributed by atoms with Gasteiger partial charge in [-0.15, -0.1) is 0 Å². The minimum atomic E-state index is -3.75. The first kappa shape index (κ1) is 16.4. The van der Waals surface area contributed by atoms with Gasteiger partial charge in [-0.05, 0) is 12.8 Å². The Hall–Kier alpha value is -0.650. The molecule has 0 aliphatic heterocycles. The number of nitrogens with zero attached hydrogens (tertiary/aromatic N) is 1. The second kappa shape index (κ2) is 6.20. The third-order valence-corrected chi connectivity index (χ3v) is 5.89. The molecule has 0 heterocycles. The van der Waals surface area contributed by atoms with Crippen molar-refractivity contribution in [2.75, 3.05) is 17.8 Å². The van der Waals surface area contributed by atoms with E-state index in [1.807, 2.05) is 0 Å². The van der Waals surface area contributed by atoms with Gasteiger partial charge < -0.3 is 0 Å². The lowest BCUT2D eigenvalue weighted by atomic mass is 9.94. The molecule has 0 aromatic heterocycles. The first-order valence-corrected chi connectivity index (χ1v) is 10.00. The lowest BCUT2D eigenvalue weighted by Crippen LogP contribution is -2.48. The number of rotatable bonds is 5. The van der Waals surface area contributed by atoms with Crippen molar-refractivity contribution in [2.24, 2.45) is 0 Å². The number of sulfonamides is 1. The number of nitriles is 1. The Labute approximate surface area is 115 Å². The first-order chi connectivity index (χ1) is 8.68. The van der Waals surface area contributed by atoms with Crippen molar-refractivity contribution in [2.45, 2.75) is 44.1 Å². The predicted molar refractivity (Wildman–Crippen MR) is 72.7 cm³/mol. The van der Waals surface area contributed by atoms with Crippen molar-refractivity contribution < 1.29 is 16.8 Å². The van der Waals surface area contributed by atoms with Gasteiger partial charge in [-0.2, -0.15) is 9.98 Å². The van der Waals surface area contributed by atoms with Crippen LogP contribution in [0.1, 0.15) is 38.5 Å². The van der Waals surface area contributed by atoms with E-state index in [0.29, 0.717) is 12.8 Å². The van der Waals surface area contributed by atoms with Crippen LogP contribution in [0.4, 0.5) is 0 Å². The summed E-state index contributed by atoms with van der Waals surface area (Å²) >= 11 is 0. The molecule has 0 spiro atoms. The quantitative estimate of drug-likeness (QED) is 0.748. The molecule has 0 unspecified atom stereocenters. The standard InChI is InChI=1S/C11H20N2O4S2/c1-18(14,15)8-9-19(16,17)13-11(10-12)6-4-2-3-5-7-11/h13H,2-9H2,1H3. The summed E-state index contributed by atoms with van der Waals surface area (Å²) in [5.74, 6) is -0.918. The van der Waals surface area contributed by atoms with Crippen LogP contribution in [0.3, 0.4) is 0 Å². The van der Waals surface area contributed by atoms with Crippen molar-refractivity contribution in [3.63, 3.8) is 0 Å². The van der Waals surface area contributed by atoms with Crippen LogP contribution in [0.15, 0.2) is 0 Å². The Balaban J connectivity index is 2.76. The molecule has 0 atom stereocenters. The summed E-state index contributed by atoms with van der Waals surface area (Å²) in [5.41, 5.74) is -1.06. The Morgan fingerprint density at radius 3 is 2.00 bits per heavy atom. The molecule has 1 aliphatic rings. The van der Waals surface area contributed by atoms with Crippen molar-refractivity contribution >= 4 is 19.9 Å². The van der Waals surface area contributed by atoms with E-state index in [2.05, 4.69) is 10.8 Å². The molecule has 8 heteroatoms. The first-order valence-electron chi connectivity index (χ1n) is 6.29. The molecular formula is C11H20N2O4S2. The van der Waals surface area contributed by atoms with Crippen molar-refractivity contribution in [3.05, 3.63) is 0 Å². The molecule has 1 saturated carbocycles. The van der Waals surface area contributed by atoms with Gasteiger partial charge >= 0.3 is 0 Å². The molecule has 0 bridgehead atoms. The van der Waals surface area contributed by atoms with E-state index >= 15 is 0 Å². The van der Waals surface area contributed by atoms with Crippen LogP contribution in [0, 0.1) is 11.3 Å². The van der Waals surface area contributed by atoms with Gasteiger partial charge in [-0.1, -0.05) is 25.7 Å². The fourth-order valence-corrected chi connectivity index (χ4v) is 5.21. The molecule has 1 N–H and O–H groups in total. The largest absolute Gasteiger partial charge is 0.229 e. The Kier molecular flexibility index (Phi) is 5.35. The normalized spacial score (nSPS) is 20.4. The van der Waals surface area contributed by atoms with Gasteiger partial charge in [0.05, 0.1) is 17.6 Å². The van der Waals surface area contributed by atoms with Crippen LogP contribution >= 0.6 is 0 Å². The lowest BCUT2D eigenvalue weighted by Gasteiger charge is -2.25. The highest BCUT2D eigenvalue weighted by molar-refractivity contribution is 7.93. The van der Waals surface area contributed by atoms with Crippen molar-refractivity contribution in [3.8, 4) is 6.07 Å². The summed E-state index contributed by atoms with van der Waals surface area (Å²) in [7, 11) is -7.09. The van der Waals surface area contributed by atoms with Crippen LogP contribution in [-0.4, -0.2) is 40.1 Å². The highest BCUT2D eigenvalue weighted by Crippen LogP contribution is 2.27. The fraction of sp³-hybridized carbons (Fsp3) is 0.909. The molecule has 19 heavy (non-hydrogen) atoms. The summed E-state index contributed by atoms with van der Waals surface area (Å²) in [4.78, 5) is 0. The molecule has 0 aromatic carbocycles. The zero-order valence-electron chi connectivity index (χ0n) is 11.1. The van der Waals surface area contributed by atoms with Crippen LogP contribution in [0.5, 0.6) is 0 Å². The number of nitrogens with one attached hydrogen (secondary N) is 1. The van der Waals surface area contributed by atoms with Crippen LogP contribution < -0.4 is 4.72 Å². The fourth-order valence-electron chi connectivity index (χ4n) is 2.18. The predicted octanol–water partition coefficient (Wildman–Crippen LogP) is 0.567. The van der Waals surface area contributed by atoms with Gasteiger partial charge in [0.15, 0.2) is 0 Å². The average molecular weight is 308 g/mol. The minimum absolute atomic E-state index is 0.427. The van der Waals surface area contributed by atoms with Crippen LogP contribution in [-0.2, 0) is 19.9 Å². The molecule has 0 saturated heterocycles. The zero-order chi connectivity index (χ0) is 14.6. The van der Waals surface area contributed by atoms with Crippen molar-refractivity contribution in [1.29, 1.82) is 5.26 Å². The Morgan fingerprint density at radius 2 is 1.58 bits per heavy atom. The highest BCUT2D eigenvalue weighted by Gasteiger charge is 2.35. The third kappa shape index (κ3) is 5.89. The average Bonchev–Trinajstić information content (AvgIpc) is 2.52. The van der Waals surface area contributed by atoms with Crippen molar-refractivity contribution in [1.82, 2.24) is 4.72 Å². The maximum Gasteiger partial charge on any atom is 0.213 e. The summed E-state index contributed by atoms with van der Waals surface area (Å²) in [6.07, 6.45) is 5.57. The van der Waals surface area contributed by atoms with E-state index in [9.17, 15) is 22.1 Å². The van der Waals surface area contributed by atoms with Gasteiger partial charge in [0.25, 0.3) is 0 Å². The summed E-state index contributed by atoms with van der Waals surface area (Å²) in [6.45, 7) is 0. The van der Waals surface area contributed by atoms with Gasteiger partial charge in [-0.25, -0.2) is 16.8 Å². The van der Waals surface area contributed by atoms with E-state index in [0.717, 1.165) is 31.9 Å². The number of hydrogen-bond acceptors (Lipinski definition) is 5. The van der Waals surface area contributed by atoms with Gasteiger partial charge in [0, 0.05) is 6.26 Å². The molecule has 1 rings (SSSR count). The van der Waals surface area contributed by atoms with E-state index in [4.69, 9.17) is 0 Å². The Morgan fingerprint density at radius 1 is 1.05 bits per heavy atom. The summed E-state index contributed by atoms with van der Waals surface area (Å²) in [6, 6.07) is 2.07. The molecule has 0 amide bonds. The van der Waals surface area contributed by atoms with Gasteiger partial charge in [0.1, 0.15) is 15.4 Å². The smallest absolute Gasteiger partial charge is 0.213 e. The molecular weight excluding hydrogens is 288 g/mol. The molecule has 1 fully saturated rings. The van der Waals surface area contributed by atoms with E-state index in [1.165, 1.54) is 0 Å². The molecule has 1 aliphatic carbocycles. The number of sulfone groups is 1. The minimum Gasteiger partial charge on any atom is -0.229 e. The topological polar surface area (TPSA) is 104 Å². The maximum atomic E-state index is 11.9. The zero-order valence-corrected chi connectivity index (χ0v) is 12.7. The van der Waals surface area contributed by atoms with Crippen LogP contribution in [0.25, 0.3) is 0 Å². The summed E-state index contributed by atoms with van der Waals surface area (Å²) in [5, 5.41) is 9.26. The lowest BCUT2D eigenvalue weighted by molar-refractivity contribution is 0.422. The third-order valence-electron chi connectivity index (χ3n) is 3.24. The van der Waals surface area contributed by atoms with E-state index < -0.39 is 36.9 Å². The van der Waals surface area contributed by atoms with Crippen LogP contribution in [0.2, 0.25) is 0 Å². The maximum absolute atomic E-state index is 11.9. The monoisotopic (exact) mass is 308 g/mol. The van der Waals surface area contributed by atoms with Gasteiger partial charge in [-0.3, -0.25) is 0 Å². The molecule has 0 aromatic rings. The SMILES string of the molecule is CS(=O)(=O)CCS(=O)(=O)NC1(C#N)CCCCCC1. The Bertz CT molecular complexity index is 538. The van der Waals surface area contributed by atoms with E-state index in [-0.39, 0.29) is 0 Å². The molecule has 6 nitrogen and oxygen atoms in total. The van der Waals surface area contributed by atoms with Gasteiger partial charge in [0.2, 0.25) is 10.0 Å². The second-order valence-corrected chi connectivity index (χ2v) is 9.26.